The summed E-state index contributed by atoms with van der Waals surface area (Å²) in [6.07, 6.45) is 0. The quantitative estimate of drug-likeness (QED) is 0.709. The summed E-state index contributed by atoms with van der Waals surface area (Å²) >= 11 is 0. The van der Waals surface area contributed by atoms with E-state index in [-0.39, 0.29) is 0 Å². The lowest BCUT2D eigenvalue weighted by molar-refractivity contribution is 0.132. The second kappa shape index (κ2) is 3.97. The third-order valence-electron chi connectivity index (χ3n) is 3.38. The summed E-state index contributed by atoms with van der Waals surface area (Å²) < 4.78 is 0. The van der Waals surface area contributed by atoms with Crippen LogP contribution in [0.15, 0.2) is 24.3 Å². The molecule has 82 valence electrons. The molecular formula is C14H21N. The van der Waals surface area contributed by atoms with Crippen molar-refractivity contribution in [2.24, 2.45) is 5.92 Å². The summed E-state index contributed by atoms with van der Waals surface area (Å²) in [5, 5.41) is 0. The van der Waals surface area contributed by atoms with Crippen molar-refractivity contribution in [1.82, 2.24) is 4.90 Å². The van der Waals surface area contributed by atoms with Crippen LogP contribution in [0.4, 0.5) is 0 Å². The highest BCUT2D eigenvalue weighted by Gasteiger charge is 2.33. The molecule has 15 heavy (non-hydrogen) atoms. The number of rotatable bonds is 2. The topological polar surface area (TPSA) is 3.24 Å². The van der Waals surface area contributed by atoms with Gasteiger partial charge >= 0.3 is 0 Å². The highest BCUT2D eigenvalue weighted by atomic mass is 15.2. The Morgan fingerprint density at radius 1 is 1.13 bits per heavy atom. The molecule has 1 unspecified atom stereocenters. The van der Waals surface area contributed by atoms with Crippen LogP contribution in [-0.2, 0) is 6.54 Å². The monoisotopic (exact) mass is 203 g/mol. The van der Waals surface area contributed by atoms with E-state index in [1.807, 2.05) is 0 Å². The lowest BCUT2D eigenvalue weighted by atomic mass is 9.95. The lowest BCUT2D eigenvalue weighted by Gasteiger charge is -2.31. The Hall–Kier alpha value is -0.820. The Morgan fingerprint density at radius 3 is 2.40 bits per heavy atom. The third kappa shape index (κ3) is 1.81. The largest absolute Gasteiger partial charge is 0.289 e. The molecular weight excluding hydrogens is 182 g/mol. The maximum atomic E-state index is 2.61. The molecule has 1 nitrogen and oxygen atoms in total. The summed E-state index contributed by atoms with van der Waals surface area (Å²) in [5.41, 5.74) is 3.06. The molecule has 0 saturated carbocycles. The zero-order chi connectivity index (χ0) is 11.0. The molecule has 0 amide bonds. The number of benzene rings is 1. The van der Waals surface area contributed by atoms with Gasteiger partial charge in [0.1, 0.15) is 0 Å². The first-order valence-corrected chi connectivity index (χ1v) is 5.94. The average Bonchev–Trinajstić information content (AvgIpc) is 2.56. The third-order valence-corrected chi connectivity index (χ3v) is 3.38. The molecule has 1 aliphatic heterocycles. The van der Waals surface area contributed by atoms with Crippen molar-refractivity contribution in [2.45, 2.75) is 46.3 Å². The number of hydrogen-bond donors (Lipinski definition) is 0. The van der Waals surface area contributed by atoms with Gasteiger partial charge < -0.3 is 0 Å². The van der Waals surface area contributed by atoms with Gasteiger partial charge in [0, 0.05) is 18.6 Å². The predicted molar refractivity (Wildman–Crippen MR) is 64.7 cm³/mol. The van der Waals surface area contributed by atoms with E-state index in [9.17, 15) is 0 Å². The molecule has 0 N–H and O–H groups in total. The Balaban J connectivity index is 2.38. The van der Waals surface area contributed by atoms with Gasteiger partial charge in [0.25, 0.3) is 0 Å². The minimum atomic E-state index is 0.612. The predicted octanol–water partition coefficient (Wildman–Crippen LogP) is 3.61. The van der Waals surface area contributed by atoms with Gasteiger partial charge in [-0.1, -0.05) is 38.1 Å². The molecule has 0 spiro atoms. The van der Waals surface area contributed by atoms with Crippen LogP contribution in [0.25, 0.3) is 0 Å². The Bertz CT molecular complexity index is 341. The van der Waals surface area contributed by atoms with E-state index >= 15 is 0 Å². The van der Waals surface area contributed by atoms with Crippen molar-refractivity contribution in [2.75, 3.05) is 0 Å². The first-order valence-electron chi connectivity index (χ1n) is 5.94. The minimum Gasteiger partial charge on any atom is -0.289 e. The molecule has 0 aromatic heterocycles. The molecule has 1 aromatic rings. The minimum absolute atomic E-state index is 0.612. The van der Waals surface area contributed by atoms with Crippen molar-refractivity contribution in [3.8, 4) is 0 Å². The van der Waals surface area contributed by atoms with Crippen molar-refractivity contribution in [1.29, 1.82) is 0 Å². The SMILES string of the molecule is CC(C)C1c2ccccc2CN1C(C)C. The lowest BCUT2D eigenvalue weighted by Crippen LogP contribution is -2.31. The number of hydrogen-bond acceptors (Lipinski definition) is 1. The van der Waals surface area contributed by atoms with E-state index in [4.69, 9.17) is 0 Å². The second-order valence-corrected chi connectivity index (χ2v) is 5.15. The number of fused-ring (bicyclic) bond motifs is 1. The van der Waals surface area contributed by atoms with Gasteiger partial charge in [0.05, 0.1) is 0 Å². The zero-order valence-corrected chi connectivity index (χ0v) is 10.2. The van der Waals surface area contributed by atoms with Crippen LogP contribution in [0.1, 0.15) is 44.9 Å². The van der Waals surface area contributed by atoms with Gasteiger partial charge in [-0.15, -0.1) is 0 Å². The average molecular weight is 203 g/mol. The molecule has 1 aliphatic rings. The fraction of sp³-hybridized carbons (Fsp3) is 0.571. The van der Waals surface area contributed by atoms with Crippen molar-refractivity contribution in [3.63, 3.8) is 0 Å². The van der Waals surface area contributed by atoms with Crippen LogP contribution in [0.2, 0.25) is 0 Å². The molecule has 0 fully saturated rings. The van der Waals surface area contributed by atoms with Crippen molar-refractivity contribution in [3.05, 3.63) is 35.4 Å². The Kier molecular flexibility index (Phi) is 2.83. The summed E-state index contributed by atoms with van der Waals surface area (Å²) in [4.78, 5) is 2.61. The molecule has 0 aliphatic carbocycles. The van der Waals surface area contributed by atoms with Crippen molar-refractivity contribution >= 4 is 0 Å². The molecule has 2 rings (SSSR count). The highest BCUT2D eigenvalue weighted by molar-refractivity contribution is 5.34. The van der Waals surface area contributed by atoms with Crippen LogP contribution in [0.5, 0.6) is 0 Å². The van der Waals surface area contributed by atoms with Gasteiger partial charge in [-0.05, 0) is 30.9 Å². The normalized spacial score (nSPS) is 21.3. The maximum Gasteiger partial charge on any atom is 0.0380 e. The van der Waals surface area contributed by atoms with E-state index in [1.165, 1.54) is 5.56 Å². The van der Waals surface area contributed by atoms with E-state index in [1.54, 1.807) is 5.56 Å². The molecule has 1 heterocycles. The van der Waals surface area contributed by atoms with E-state index in [2.05, 4.69) is 56.9 Å². The van der Waals surface area contributed by atoms with Crippen LogP contribution < -0.4 is 0 Å². The van der Waals surface area contributed by atoms with Crippen LogP contribution >= 0.6 is 0 Å². The summed E-state index contributed by atoms with van der Waals surface area (Å²) in [5.74, 6) is 0.691. The van der Waals surface area contributed by atoms with E-state index < -0.39 is 0 Å². The van der Waals surface area contributed by atoms with Crippen molar-refractivity contribution < 1.29 is 0 Å². The molecule has 0 saturated heterocycles. The molecule has 1 aromatic carbocycles. The first kappa shape index (κ1) is 10.7. The second-order valence-electron chi connectivity index (χ2n) is 5.15. The molecule has 0 radical (unpaired) electrons. The summed E-state index contributed by atoms with van der Waals surface area (Å²) in [6, 6.07) is 10.1. The van der Waals surface area contributed by atoms with Gasteiger partial charge in [-0.3, -0.25) is 4.90 Å². The van der Waals surface area contributed by atoms with Gasteiger partial charge in [-0.25, -0.2) is 0 Å². The van der Waals surface area contributed by atoms with E-state index in [0.29, 0.717) is 18.0 Å². The zero-order valence-electron chi connectivity index (χ0n) is 10.2. The van der Waals surface area contributed by atoms with Gasteiger partial charge in [0.15, 0.2) is 0 Å². The van der Waals surface area contributed by atoms with E-state index in [0.717, 1.165) is 6.54 Å². The molecule has 1 heteroatoms. The molecule has 1 atom stereocenters. The fourth-order valence-corrected chi connectivity index (χ4v) is 2.69. The maximum absolute atomic E-state index is 2.61. The molecule has 0 bridgehead atoms. The van der Waals surface area contributed by atoms with Crippen LogP contribution in [0.3, 0.4) is 0 Å². The first-order chi connectivity index (χ1) is 7.11. The number of nitrogens with zero attached hydrogens (tertiary/aromatic N) is 1. The summed E-state index contributed by atoms with van der Waals surface area (Å²) in [6.45, 7) is 10.4. The highest BCUT2D eigenvalue weighted by Crippen LogP contribution is 2.39. The fourth-order valence-electron chi connectivity index (χ4n) is 2.69. The van der Waals surface area contributed by atoms with Crippen LogP contribution in [0, 0.1) is 5.92 Å². The Morgan fingerprint density at radius 2 is 1.80 bits per heavy atom. The smallest absolute Gasteiger partial charge is 0.0380 e. The van der Waals surface area contributed by atoms with Crippen LogP contribution in [-0.4, -0.2) is 10.9 Å². The standard InChI is InChI=1S/C14H21N/c1-10(2)14-13-8-6-5-7-12(13)9-15(14)11(3)4/h5-8,10-11,14H,9H2,1-4H3. The Labute approximate surface area is 93.1 Å². The summed E-state index contributed by atoms with van der Waals surface area (Å²) in [7, 11) is 0. The van der Waals surface area contributed by atoms with Gasteiger partial charge in [0.2, 0.25) is 0 Å². The van der Waals surface area contributed by atoms with Gasteiger partial charge in [-0.2, -0.15) is 0 Å².